The molecule has 0 saturated carbocycles. The van der Waals surface area contributed by atoms with E-state index in [-0.39, 0.29) is 0 Å². The summed E-state index contributed by atoms with van der Waals surface area (Å²) in [4.78, 5) is 9.13. The number of aromatic nitrogens is 3. The predicted octanol–water partition coefficient (Wildman–Crippen LogP) is 3.34. The number of imidazole rings is 1. The van der Waals surface area contributed by atoms with Gasteiger partial charge in [-0.3, -0.25) is 9.38 Å². The predicted molar refractivity (Wildman–Crippen MR) is 72.7 cm³/mol. The van der Waals surface area contributed by atoms with E-state index in [1.807, 2.05) is 31.3 Å². The third-order valence-corrected chi connectivity index (χ3v) is 3.29. The van der Waals surface area contributed by atoms with Gasteiger partial charge in [0.05, 0.1) is 16.7 Å². The van der Waals surface area contributed by atoms with Gasteiger partial charge in [0.2, 0.25) is 0 Å². The standard InChI is InChI=1S/C15H11N3/c1-10-9-18-13-7-3-2-5-11(13)14-12(15(18)17-10)6-4-8-16-14/h2-9H,1H3. The number of pyridine rings is 2. The van der Waals surface area contributed by atoms with Gasteiger partial charge in [-0.2, -0.15) is 0 Å². The van der Waals surface area contributed by atoms with Crippen molar-refractivity contribution in [2.45, 2.75) is 6.92 Å². The molecule has 0 aliphatic rings. The van der Waals surface area contributed by atoms with Gasteiger partial charge in [0.25, 0.3) is 0 Å². The largest absolute Gasteiger partial charge is 0.299 e. The van der Waals surface area contributed by atoms with Crippen molar-refractivity contribution in [1.29, 1.82) is 0 Å². The van der Waals surface area contributed by atoms with E-state index < -0.39 is 0 Å². The zero-order valence-corrected chi connectivity index (χ0v) is 9.96. The SMILES string of the molecule is Cc1cn2c3ccccc3c3ncccc3c2n1. The fourth-order valence-corrected chi connectivity index (χ4v) is 2.56. The van der Waals surface area contributed by atoms with Crippen molar-refractivity contribution in [1.82, 2.24) is 14.4 Å². The van der Waals surface area contributed by atoms with Gasteiger partial charge in [-0.25, -0.2) is 4.98 Å². The van der Waals surface area contributed by atoms with Crippen LogP contribution in [0.1, 0.15) is 5.69 Å². The molecule has 3 heterocycles. The zero-order chi connectivity index (χ0) is 12.1. The maximum atomic E-state index is 4.61. The highest BCUT2D eigenvalue weighted by atomic mass is 15.0. The van der Waals surface area contributed by atoms with Crippen LogP contribution >= 0.6 is 0 Å². The Morgan fingerprint density at radius 2 is 1.83 bits per heavy atom. The second-order valence-corrected chi connectivity index (χ2v) is 4.49. The van der Waals surface area contributed by atoms with Crippen molar-refractivity contribution < 1.29 is 0 Å². The highest BCUT2D eigenvalue weighted by Gasteiger charge is 2.10. The number of aryl methyl sites for hydroxylation is 1. The van der Waals surface area contributed by atoms with Crippen molar-refractivity contribution >= 4 is 27.5 Å². The van der Waals surface area contributed by atoms with Crippen LogP contribution in [0.4, 0.5) is 0 Å². The summed E-state index contributed by atoms with van der Waals surface area (Å²) in [6, 6.07) is 12.4. The van der Waals surface area contributed by atoms with Crippen molar-refractivity contribution in [3.8, 4) is 0 Å². The highest BCUT2D eigenvalue weighted by Crippen LogP contribution is 2.27. The topological polar surface area (TPSA) is 30.2 Å². The van der Waals surface area contributed by atoms with Gasteiger partial charge in [-0.15, -0.1) is 0 Å². The minimum Gasteiger partial charge on any atom is -0.299 e. The first-order chi connectivity index (χ1) is 8.84. The number of para-hydroxylation sites is 1. The molecule has 0 N–H and O–H groups in total. The van der Waals surface area contributed by atoms with E-state index in [9.17, 15) is 0 Å². The monoisotopic (exact) mass is 233 g/mol. The Bertz CT molecular complexity index is 817. The van der Waals surface area contributed by atoms with Gasteiger partial charge in [-0.1, -0.05) is 18.2 Å². The minimum atomic E-state index is 0.981. The van der Waals surface area contributed by atoms with Crippen LogP contribution in [0.25, 0.3) is 27.5 Å². The van der Waals surface area contributed by atoms with Crippen LogP contribution < -0.4 is 0 Å². The van der Waals surface area contributed by atoms with Gasteiger partial charge in [0.1, 0.15) is 5.65 Å². The number of rotatable bonds is 0. The molecule has 0 amide bonds. The number of hydrogen-bond donors (Lipinski definition) is 0. The van der Waals surface area contributed by atoms with Crippen molar-refractivity contribution in [2.75, 3.05) is 0 Å². The second kappa shape index (κ2) is 3.29. The summed E-state index contributed by atoms with van der Waals surface area (Å²) in [5, 5.41) is 2.27. The summed E-state index contributed by atoms with van der Waals surface area (Å²) >= 11 is 0. The van der Waals surface area contributed by atoms with Crippen LogP contribution in [0.3, 0.4) is 0 Å². The first kappa shape index (κ1) is 9.59. The lowest BCUT2D eigenvalue weighted by Crippen LogP contribution is -1.91. The van der Waals surface area contributed by atoms with Gasteiger partial charge in [0.15, 0.2) is 0 Å². The number of hydrogen-bond acceptors (Lipinski definition) is 2. The summed E-state index contributed by atoms with van der Waals surface area (Å²) in [5.41, 5.74) is 4.18. The van der Waals surface area contributed by atoms with Crippen LogP contribution in [0, 0.1) is 6.92 Å². The third kappa shape index (κ3) is 1.13. The molecule has 0 radical (unpaired) electrons. The van der Waals surface area contributed by atoms with E-state index in [2.05, 4.69) is 38.8 Å². The van der Waals surface area contributed by atoms with Gasteiger partial charge >= 0.3 is 0 Å². The van der Waals surface area contributed by atoms with Crippen molar-refractivity contribution in [3.63, 3.8) is 0 Å². The molecule has 86 valence electrons. The molecule has 0 spiro atoms. The number of nitrogens with zero attached hydrogens (tertiary/aromatic N) is 3. The van der Waals surface area contributed by atoms with Gasteiger partial charge in [-0.05, 0) is 25.1 Å². The van der Waals surface area contributed by atoms with Crippen LogP contribution in [0.2, 0.25) is 0 Å². The Kier molecular flexibility index (Phi) is 1.75. The van der Waals surface area contributed by atoms with Gasteiger partial charge in [0, 0.05) is 23.2 Å². The molecule has 0 aliphatic heterocycles. The Hall–Kier alpha value is -2.42. The van der Waals surface area contributed by atoms with E-state index in [4.69, 9.17) is 0 Å². The molecule has 0 saturated heterocycles. The Morgan fingerprint density at radius 3 is 2.78 bits per heavy atom. The minimum absolute atomic E-state index is 0.981. The van der Waals surface area contributed by atoms with E-state index in [0.29, 0.717) is 0 Å². The van der Waals surface area contributed by atoms with Crippen LogP contribution in [0.5, 0.6) is 0 Å². The molecule has 0 atom stereocenters. The maximum Gasteiger partial charge on any atom is 0.147 e. The van der Waals surface area contributed by atoms with E-state index in [0.717, 1.165) is 33.1 Å². The normalized spacial score (nSPS) is 11.6. The smallest absolute Gasteiger partial charge is 0.147 e. The molecule has 0 unspecified atom stereocenters. The Morgan fingerprint density at radius 1 is 1.00 bits per heavy atom. The Labute approximate surface area is 104 Å². The summed E-state index contributed by atoms with van der Waals surface area (Å²) in [7, 11) is 0. The average molecular weight is 233 g/mol. The fourth-order valence-electron chi connectivity index (χ4n) is 2.56. The second-order valence-electron chi connectivity index (χ2n) is 4.49. The molecule has 4 rings (SSSR count). The van der Waals surface area contributed by atoms with E-state index in [1.165, 1.54) is 0 Å². The maximum absolute atomic E-state index is 4.61. The van der Waals surface area contributed by atoms with Crippen LogP contribution in [0.15, 0.2) is 48.8 Å². The molecular weight excluding hydrogens is 222 g/mol. The molecule has 3 aromatic heterocycles. The van der Waals surface area contributed by atoms with E-state index >= 15 is 0 Å². The molecule has 0 fully saturated rings. The molecule has 0 bridgehead atoms. The van der Waals surface area contributed by atoms with Crippen LogP contribution in [-0.2, 0) is 0 Å². The lowest BCUT2D eigenvalue weighted by Gasteiger charge is -2.06. The fraction of sp³-hybridized carbons (Fsp3) is 0.0667. The summed E-state index contributed by atoms with van der Waals surface area (Å²) in [6.45, 7) is 2.02. The molecule has 4 aromatic rings. The Balaban J connectivity index is 2.45. The third-order valence-electron chi connectivity index (χ3n) is 3.29. The lowest BCUT2D eigenvalue weighted by atomic mass is 10.1. The summed E-state index contributed by atoms with van der Waals surface area (Å²) in [6.07, 6.45) is 3.91. The van der Waals surface area contributed by atoms with Crippen LogP contribution in [-0.4, -0.2) is 14.4 Å². The summed E-state index contributed by atoms with van der Waals surface area (Å²) < 4.78 is 2.15. The molecule has 3 heteroatoms. The molecule has 0 aliphatic carbocycles. The molecule has 3 nitrogen and oxygen atoms in total. The molecular formula is C15H11N3. The molecule has 18 heavy (non-hydrogen) atoms. The summed E-state index contributed by atoms with van der Waals surface area (Å²) in [5.74, 6) is 0. The first-order valence-corrected chi connectivity index (χ1v) is 5.96. The average Bonchev–Trinajstić information content (AvgIpc) is 2.81. The quantitative estimate of drug-likeness (QED) is 0.436. The van der Waals surface area contributed by atoms with Crippen molar-refractivity contribution in [3.05, 3.63) is 54.5 Å². The van der Waals surface area contributed by atoms with E-state index in [1.54, 1.807) is 0 Å². The molecule has 1 aromatic carbocycles. The number of fused-ring (bicyclic) bond motifs is 6. The first-order valence-electron chi connectivity index (χ1n) is 5.96. The lowest BCUT2D eigenvalue weighted by molar-refractivity contribution is 1.26. The van der Waals surface area contributed by atoms with Gasteiger partial charge < -0.3 is 0 Å². The highest BCUT2D eigenvalue weighted by molar-refractivity contribution is 6.09. The van der Waals surface area contributed by atoms with Crippen molar-refractivity contribution in [2.24, 2.45) is 0 Å². The zero-order valence-electron chi connectivity index (χ0n) is 9.96. The number of benzene rings is 1.